The number of furan rings is 1. The van der Waals surface area contributed by atoms with Gasteiger partial charge in [0.25, 0.3) is 0 Å². The molecular formula is C15H23N3O. The molecule has 0 saturated carbocycles. The maximum Gasteiger partial charge on any atom is 0.121 e. The molecule has 2 aromatic rings. The third-order valence-electron chi connectivity index (χ3n) is 3.36. The van der Waals surface area contributed by atoms with E-state index >= 15 is 0 Å². The molecule has 2 rings (SSSR count). The summed E-state index contributed by atoms with van der Waals surface area (Å²) in [5, 5.41) is 7.98. The van der Waals surface area contributed by atoms with Crippen LogP contribution >= 0.6 is 0 Å². The Bertz CT molecular complexity index is 527. The number of hydrogen-bond acceptors (Lipinski definition) is 3. The number of nitrogens with one attached hydrogen (secondary N) is 1. The summed E-state index contributed by atoms with van der Waals surface area (Å²) in [5.41, 5.74) is 2.38. The topological polar surface area (TPSA) is 43.0 Å². The van der Waals surface area contributed by atoms with Gasteiger partial charge in [-0.2, -0.15) is 5.10 Å². The second-order valence-electron chi connectivity index (χ2n) is 4.87. The van der Waals surface area contributed by atoms with Gasteiger partial charge in [0, 0.05) is 19.2 Å². The molecule has 0 radical (unpaired) electrons. The molecule has 1 unspecified atom stereocenters. The van der Waals surface area contributed by atoms with Crippen molar-refractivity contribution in [3.05, 3.63) is 41.1 Å². The summed E-state index contributed by atoms with van der Waals surface area (Å²) in [6.07, 6.45) is 1.86. The van der Waals surface area contributed by atoms with Crippen molar-refractivity contribution in [3.8, 4) is 0 Å². The molecular weight excluding hydrogens is 238 g/mol. The highest BCUT2D eigenvalue weighted by Crippen LogP contribution is 2.21. The second kappa shape index (κ2) is 6.06. The maximum absolute atomic E-state index is 5.75. The first-order chi connectivity index (χ1) is 9.13. The average Bonchev–Trinajstić information content (AvgIpc) is 2.96. The normalized spacial score (nSPS) is 12.8. The minimum Gasteiger partial charge on any atom is -0.465 e. The zero-order valence-corrected chi connectivity index (χ0v) is 12.2. The van der Waals surface area contributed by atoms with Crippen molar-refractivity contribution in [2.24, 2.45) is 7.05 Å². The van der Waals surface area contributed by atoms with Crippen LogP contribution in [0.1, 0.15) is 42.8 Å². The van der Waals surface area contributed by atoms with Gasteiger partial charge in [0.15, 0.2) is 0 Å². The molecule has 0 aromatic carbocycles. The van der Waals surface area contributed by atoms with Crippen LogP contribution in [0.15, 0.2) is 22.6 Å². The smallest absolute Gasteiger partial charge is 0.121 e. The molecule has 104 valence electrons. The van der Waals surface area contributed by atoms with Gasteiger partial charge in [-0.05, 0) is 38.1 Å². The van der Waals surface area contributed by atoms with Crippen LogP contribution in [0.2, 0.25) is 0 Å². The lowest BCUT2D eigenvalue weighted by Gasteiger charge is -2.15. The minimum absolute atomic E-state index is 0.207. The van der Waals surface area contributed by atoms with Crippen LogP contribution < -0.4 is 5.32 Å². The molecule has 2 heterocycles. The molecule has 0 amide bonds. The van der Waals surface area contributed by atoms with Gasteiger partial charge >= 0.3 is 0 Å². The Morgan fingerprint density at radius 3 is 2.68 bits per heavy atom. The van der Waals surface area contributed by atoms with Gasteiger partial charge in [0.1, 0.15) is 11.5 Å². The monoisotopic (exact) mass is 261 g/mol. The van der Waals surface area contributed by atoms with E-state index in [1.807, 2.05) is 24.7 Å². The maximum atomic E-state index is 5.75. The molecule has 2 aromatic heterocycles. The number of aromatic nitrogens is 2. The lowest BCUT2D eigenvalue weighted by molar-refractivity contribution is 0.398. The second-order valence-corrected chi connectivity index (χ2v) is 4.87. The number of nitrogens with zero attached hydrogens (tertiary/aromatic N) is 2. The van der Waals surface area contributed by atoms with Crippen molar-refractivity contribution < 1.29 is 4.42 Å². The molecule has 0 fully saturated rings. The first kappa shape index (κ1) is 13.9. The lowest BCUT2D eigenvalue weighted by Crippen LogP contribution is -2.23. The van der Waals surface area contributed by atoms with Crippen molar-refractivity contribution in [1.82, 2.24) is 15.1 Å². The van der Waals surface area contributed by atoms with Crippen molar-refractivity contribution in [3.63, 3.8) is 0 Å². The van der Waals surface area contributed by atoms with Crippen LogP contribution in [0.4, 0.5) is 0 Å². The van der Waals surface area contributed by atoms with E-state index in [0.29, 0.717) is 0 Å². The summed E-state index contributed by atoms with van der Waals surface area (Å²) >= 11 is 0. The number of hydrogen-bond donors (Lipinski definition) is 1. The van der Waals surface area contributed by atoms with E-state index in [1.165, 1.54) is 5.69 Å². The summed E-state index contributed by atoms with van der Waals surface area (Å²) in [4.78, 5) is 0. The summed E-state index contributed by atoms with van der Waals surface area (Å²) < 4.78 is 7.72. The van der Waals surface area contributed by atoms with E-state index in [1.54, 1.807) is 0 Å². The Hall–Kier alpha value is -1.55. The Balaban J connectivity index is 2.18. The van der Waals surface area contributed by atoms with Crippen LogP contribution in [0, 0.1) is 6.92 Å². The van der Waals surface area contributed by atoms with Gasteiger partial charge in [0.05, 0.1) is 11.7 Å². The van der Waals surface area contributed by atoms with E-state index < -0.39 is 0 Å². The Morgan fingerprint density at radius 1 is 1.37 bits per heavy atom. The molecule has 0 aliphatic rings. The fraction of sp³-hybridized carbons (Fsp3) is 0.533. The van der Waals surface area contributed by atoms with Crippen LogP contribution in [0.5, 0.6) is 0 Å². The van der Waals surface area contributed by atoms with Gasteiger partial charge in [-0.25, -0.2) is 0 Å². The minimum atomic E-state index is 0.207. The van der Waals surface area contributed by atoms with Gasteiger partial charge in [0.2, 0.25) is 0 Å². The average molecular weight is 261 g/mol. The van der Waals surface area contributed by atoms with Crippen molar-refractivity contribution in [2.45, 2.75) is 39.7 Å². The molecule has 4 nitrogen and oxygen atoms in total. The first-order valence-electron chi connectivity index (χ1n) is 6.95. The molecule has 4 heteroatoms. The summed E-state index contributed by atoms with van der Waals surface area (Å²) in [6, 6.07) is 6.46. The number of likely N-dealkylation sites (N-methyl/N-ethyl adjacent to an activating group) is 1. The van der Waals surface area contributed by atoms with Gasteiger partial charge < -0.3 is 9.73 Å². The molecule has 0 aliphatic heterocycles. The standard InChI is InChI=1S/C15H23N3O/c1-5-12-9-13(18(4)17-12)10-14(16-6-2)15-8-7-11(3)19-15/h7-9,14,16H,5-6,10H2,1-4H3. The Kier molecular flexibility index (Phi) is 4.43. The largest absolute Gasteiger partial charge is 0.465 e. The SMILES string of the molecule is CCNC(Cc1cc(CC)nn1C)c1ccc(C)o1. The van der Waals surface area contributed by atoms with Gasteiger partial charge in [-0.1, -0.05) is 13.8 Å². The highest BCUT2D eigenvalue weighted by molar-refractivity contribution is 5.16. The molecule has 0 saturated heterocycles. The summed E-state index contributed by atoms with van der Waals surface area (Å²) in [7, 11) is 2.00. The highest BCUT2D eigenvalue weighted by Gasteiger charge is 2.17. The predicted molar refractivity (Wildman–Crippen MR) is 76.2 cm³/mol. The quantitative estimate of drug-likeness (QED) is 0.869. The highest BCUT2D eigenvalue weighted by atomic mass is 16.3. The van der Waals surface area contributed by atoms with Crippen molar-refractivity contribution in [1.29, 1.82) is 0 Å². The molecule has 0 spiro atoms. The summed E-state index contributed by atoms with van der Waals surface area (Å²) in [5.74, 6) is 1.95. The zero-order valence-electron chi connectivity index (χ0n) is 12.2. The molecule has 0 bridgehead atoms. The summed E-state index contributed by atoms with van der Waals surface area (Å²) in [6.45, 7) is 7.14. The Labute approximate surface area is 114 Å². The number of aryl methyl sites for hydroxylation is 3. The molecule has 0 aliphatic carbocycles. The van der Waals surface area contributed by atoms with Gasteiger partial charge in [-0.3, -0.25) is 4.68 Å². The molecule has 1 atom stereocenters. The van der Waals surface area contributed by atoms with E-state index in [2.05, 4.69) is 36.4 Å². The van der Waals surface area contributed by atoms with Crippen LogP contribution in [-0.2, 0) is 19.9 Å². The van der Waals surface area contributed by atoms with Crippen molar-refractivity contribution in [2.75, 3.05) is 6.54 Å². The third kappa shape index (κ3) is 3.26. The third-order valence-corrected chi connectivity index (χ3v) is 3.36. The van der Waals surface area contributed by atoms with E-state index in [0.717, 1.165) is 36.6 Å². The Morgan fingerprint density at radius 2 is 2.16 bits per heavy atom. The van der Waals surface area contributed by atoms with Crippen LogP contribution in [0.3, 0.4) is 0 Å². The zero-order chi connectivity index (χ0) is 13.8. The van der Waals surface area contributed by atoms with E-state index in [-0.39, 0.29) is 6.04 Å². The first-order valence-corrected chi connectivity index (χ1v) is 6.95. The molecule has 1 N–H and O–H groups in total. The fourth-order valence-corrected chi connectivity index (χ4v) is 2.30. The predicted octanol–water partition coefficient (Wildman–Crippen LogP) is 2.78. The fourth-order valence-electron chi connectivity index (χ4n) is 2.30. The number of rotatable bonds is 6. The van der Waals surface area contributed by atoms with Crippen LogP contribution in [-0.4, -0.2) is 16.3 Å². The molecule has 19 heavy (non-hydrogen) atoms. The van der Waals surface area contributed by atoms with E-state index in [9.17, 15) is 0 Å². The van der Waals surface area contributed by atoms with Crippen molar-refractivity contribution >= 4 is 0 Å². The van der Waals surface area contributed by atoms with Crippen LogP contribution in [0.25, 0.3) is 0 Å². The van der Waals surface area contributed by atoms with Gasteiger partial charge in [-0.15, -0.1) is 0 Å². The van der Waals surface area contributed by atoms with E-state index in [4.69, 9.17) is 4.42 Å². The lowest BCUT2D eigenvalue weighted by atomic mass is 10.1.